The maximum absolute atomic E-state index is 12.7. The Bertz CT molecular complexity index is 991. The molecule has 2 aromatic carbocycles. The van der Waals surface area contributed by atoms with E-state index in [1.54, 1.807) is 0 Å². The van der Waals surface area contributed by atoms with Gasteiger partial charge in [-0.2, -0.15) is 13.2 Å². The van der Waals surface area contributed by atoms with Gasteiger partial charge in [-0.05, 0) is 30.3 Å². The van der Waals surface area contributed by atoms with Gasteiger partial charge >= 0.3 is 12.1 Å². The number of carbonyl (C=O) groups is 2. The summed E-state index contributed by atoms with van der Waals surface area (Å²) in [6.45, 7) is -0.812. The third kappa shape index (κ3) is 4.54. The first-order chi connectivity index (χ1) is 13.6. The van der Waals surface area contributed by atoms with E-state index >= 15 is 0 Å². The number of hydrogen-bond acceptors (Lipinski definition) is 7. The molecular weight excluding hydrogens is 401 g/mol. The van der Waals surface area contributed by atoms with Gasteiger partial charge in [0.1, 0.15) is 5.69 Å². The molecule has 1 amide bonds. The second-order valence-electron chi connectivity index (χ2n) is 5.68. The summed E-state index contributed by atoms with van der Waals surface area (Å²) < 4.78 is 53.1. The minimum absolute atomic E-state index is 0.00213. The highest BCUT2D eigenvalue weighted by Gasteiger charge is 2.33. The van der Waals surface area contributed by atoms with Crippen molar-refractivity contribution in [3.8, 4) is 11.5 Å². The molecule has 12 heteroatoms. The molecule has 0 unspecified atom stereocenters. The van der Waals surface area contributed by atoms with Crippen molar-refractivity contribution < 1.29 is 41.9 Å². The minimum Gasteiger partial charge on any atom is -0.454 e. The molecule has 1 aliphatic rings. The van der Waals surface area contributed by atoms with E-state index in [0.29, 0.717) is 23.6 Å². The van der Waals surface area contributed by atoms with Crippen molar-refractivity contribution in [3.63, 3.8) is 0 Å². The van der Waals surface area contributed by atoms with Gasteiger partial charge in [0.15, 0.2) is 18.1 Å². The molecule has 0 radical (unpaired) electrons. The Morgan fingerprint density at radius 2 is 1.86 bits per heavy atom. The van der Waals surface area contributed by atoms with E-state index in [1.807, 2.05) is 5.32 Å². The number of esters is 1. The van der Waals surface area contributed by atoms with Crippen molar-refractivity contribution >= 4 is 23.3 Å². The zero-order chi connectivity index (χ0) is 21.2. The van der Waals surface area contributed by atoms with Gasteiger partial charge in [-0.25, -0.2) is 4.79 Å². The fourth-order valence-electron chi connectivity index (χ4n) is 2.39. The van der Waals surface area contributed by atoms with Crippen LogP contribution in [-0.4, -0.2) is 30.2 Å². The Morgan fingerprint density at radius 1 is 1.14 bits per heavy atom. The second-order valence-corrected chi connectivity index (χ2v) is 5.68. The van der Waals surface area contributed by atoms with Crippen molar-refractivity contribution in [2.24, 2.45) is 0 Å². The second kappa shape index (κ2) is 7.66. The van der Waals surface area contributed by atoms with Gasteiger partial charge < -0.3 is 19.5 Å². The molecule has 29 heavy (non-hydrogen) atoms. The molecule has 0 aliphatic carbocycles. The predicted molar refractivity (Wildman–Crippen MR) is 89.6 cm³/mol. The number of amides is 1. The Labute approximate surface area is 160 Å². The summed E-state index contributed by atoms with van der Waals surface area (Å²) in [5.74, 6) is -1.08. The largest absolute Gasteiger partial charge is 0.454 e. The number of nitro groups is 1. The minimum atomic E-state index is -4.78. The zero-order valence-corrected chi connectivity index (χ0v) is 14.3. The molecule has 1 aliphatic heterocycles. The smallest absolute Gasteiger partial charge is 0.416 e. The van der Waals surface area contributed by atoms with Gasteiger partial charge in [0.25, 0.3) is 11.6 Å². The van der Waals surface area contributed by atoms with E-state index in [2.05, 4.69) is 0 Å². The summed E-state index contributed by atoms with van der Waals surface area (Å²) in [5, 5.41) is 13.1. The number of ether oxygens (including phenoxy) is 3. The summed E-state index contributed by atoms with van der Waals surface area (Å²) >= 11 is 0. The number of nitro benzene ring substituents is 1. The normalized spacial score (nSPS) is 12.4. The Morgan fingerprint density at radius 3 is 2.55 bits per heavy atom. The molecule has 9 nitrogen and oxygen atoms in total. The number of nitrogens with zero attached hydrogens (tertiary/aromatic N) is 1. The van der Waals surface area contributed by atoms with Crippen LogP contribution >= 0.6 is 0 Å². The molecule has 0 fully saturated rings. The molecule has 0 atom stereocenters. The van der Waals surface area contributed by atoms with E-state index in [4.69, 9.17) is 14.2 Å². The molecule has 0 saturated carbocycles. The van der Waals surface area contributed by atoms with Crippen LogP contribution in [0.5, 0.6) is 11.5 Å². The van der Waals surface area contributed by atoms with Crippen molar-refractivity contribution in [2.45, 2.75) is 6.18 Å². The first kappa shape index (κ1) is 19.9. The van der Waals surface area contributed by atoms with Crippen molar-refractivity contribution in [2.75, 3.05) is 18.7 Å². The number of halogens is 3. The maximum atomic E-state index is 12.7. The first-order valence-corrected chi connectivity index (χ1v) is 7.87. The van der Waals surface area contributed by atoms with Crippen LogP contribution in [0.1, 0.15) is 15.9 Å². The highest BCUT2D eigenvalue weighted by Crippen LogP contribution is 2.35. The van der Waals surface area contributed by atoms with Gasteiger partial charge in [0.05, 0.1) is 16.1 Å². The molecule has 2 aromatic rings. The SMILES string of the molecule is O=C(COC(=O)c1ccc2c(c1)OCO2)Nc1ccc(C(F)(F)F)cc1[N+](=O)[O-]. The third-order valence-electron chi connectivity index (χ3n) is 3.74. The number of carbonyl (C=O) groups excluding carboxylic acids is 2. The number of fused-ring (bicyclic) bond motifs is 1. The molecule has 152 valence electrons. The van der Waals surface area contributed by atoms with Crippen molar-refractivity contribution in [1.82, 2.24) is 0 Å². The first-order valence-electron chi connectivity index (χ1n) is 7.87. The number of anilines is 1. The van der Waals surface area contributed by atoms with Crippen LogP contribution in [0.4, 0.5) is 24.5 Å². The maximum Gasteiger partial charge on any atom is 0.416 e. The van der Waals surface area contributed by atoms with Crippen molar-refractivity contribution in [1.29, 1.82) is 0 Å². The molecule has 1 N–H and O–H groups in total. The summed E-state index contributed by atoms with van der Waals surface area (Å²) in [6, 6.07) is 5.84. The summed E-state index contributed by atoms with van der Waals surface area (Å²) in [5.41, 5.74) is -2.58. The van der Waals surface area contributed by atoms with Gasteiger partial charge in [-0.15, -0.1) is 0 Å². The Balaban J connectivity index is 1.65. The van der Waals surface area contributed by atoms with Crippen LogP contribution in [0.2, 0.25) is 0 Å². The lowest BCUT2D eigenvalue weighted by atomic mass is 10.1. The van der Waals surface area contributed by atoms with E-state index in [1.165, 1.54) is 18.2 Å². The lowest BCUT2D eigenvalue weighted by molar-refractivity contribution is -0.384. The molecular formula is C17H11F3N2O7. The lowest BCUT2D eigenvalue weighted by Gasteiger charge is -2.10. The van der Waals surface area contributed by atoms with Gasteiger partial charge in [0, 0.05) is 6.07 Å². The molecule has 0 aromatic heterocycles. The van der Waals surface area contributed by atoms with Crippen LogP contribution in [0.3, 0.4) is 0 Å². The molecule has 1 heterocycles. The quantitative estimate of drug-likeness (QED) is 0.455. The molecule has 0 saturated heterocycles. The summed E-state index contributed by atoms with van der Waals surface area (Å²) in [7, 11) is 0. The van der Waals surface area contributed by atoms with Crippen LogP contribution in [0.25, 0.3) is 0 Å². The van der Waals surface area contributed by atoms with Crippen LogP contribution in [0.15, 0.2) is 36.4 Å². The van der Waals surface area contributed by atoms with E-state index < -0.39 is 46.5 Å². The molecule has 0 spiro atoms. The Kier molecular flexibility index (Phi) is 5.26. The lowest BCUT2D eigenvalue weighted by Crippen LogP contribution is -2.21. The average molecular weight is 412 g/mol. The topological polar surface area (TPSA) is 117 Å². The van der Waals surface area contributed by atoms with Crippen LogP contribution in [-0.2, 0) is 15.7 Å². The van der Waals surface area contributed by atoms with E-state index in [9.17, 15) is 32.9 Å². The van der Waals surface area contributed by atoms with Crippen molar-refractivity contribution in [3.05, 3.63) is 57.6 Å². The highest BCUT2D eigenvalue weighted by molar-refractivity contribution is 5.97. The monoisotopic (exact) mass is 412 g/mol. The number of benzene rings is 2. The Hall–Kier alpha value is -3.83. The number of alkyl halides is 3. The number of hydrogen-bond donors (Lipinski definition) is 1. The van der Waals surface area contributed by atoms with E-state index in [0.717, 1.165) is 6.07 Å². The van der Waals surface area contributed by atoms with Gasteiger partial charge in [0.2, 0.25) is 6.79 Å². The highest BCUT2D eigenvalue weighted by atomic mass is 19.4. The fraction of sp³-hybridized carbons (Fsp3) is 0.176. The standard InChI is InChI=1S/C17H11F3N2O7/c18-17(19,20)10-2-3-11(12(6-10)22(25)26)21-15(23)7-27-16(24)9-1-4-13-14(5-9)29-8-28-13/h1-6H,7-8H2,(H,21,23). The average Bonchev–Trinajstić information content (AvgIpc) is 3.13. The number of nitrogens with one attached hydrogen (secondary N) is 1. The van der Waals surface area contributed by atoms with Crippen LogP contribution in [0, 0.1) is 10.1 Å². The molecule has 0 bridgehead atoms. The van der Waals surface area contributed by atoms with E-state index in [-0.39, 0.29) is 12.4 Å². The summed E-state index contributed by atoms with van der Waals surface area (Å²) in [6.07, 6.45) is -4.78. The van der Waals surface area contributed by atoms with Gasteiger partial charge in [-0.1, -0.05) is 0 Å². The van der Waals surface area contributed by atoms with Crippen LogP contribution < -0.4 is 14.8 Å². The van der Waals surface area contributed by atoms with Gasteiger partial charge in [-0.3, -0.25) is 14.9 Å². The molecule has 3 rings (SSSR count). The zero-order valence-electron chi connectivity index (χ0n) is 14.3. The third-order valence-corrected chi connectivity index (χ3v) is 3.74. The number of rotatable bonds is 5. The summed E-state index contributed by atoms with van der Waals surface area (Å²) in [4.78, 5) is 33.9. The fourth-order valence-corrected chi connectivity index (χ4v) is 2.39. The predicted octanol–water partition coefficient (Wildman–Crippen LogP) is 3.14.